The van der Waals surface area contributed by atoms with Crippen molar-refractivity contribution in [1.82, 2.24) is 4.31 Å². The Balaban J connectivity index is 3.08. The number of alkyl halides is 3. The molecule has 1 rings (SSSR count). The number of benzene rings is 1. The van der Waals surface area contributed by atoms with Crippen molar-refractivity contribution in [3.05, 3.63) is 29.3 Å². The fourth-order valence-corrected chi connectivity index (χ4v) is 3.33. The molecule has 22 heavy (non-hydrogen) atoms. The maximum atomic E-state index is 12.6. The highest BCUT2D eigenvalue weighted by Crippen LogP contribution is 2.31. The molecule has 126 valence electrons. The highest BCUT2D eigenvalue weighted by molar-refractivity contribution is 7.89. The minimum absolute atomic E-state index is 0.0112. The van der Waals surface area contributed by atoms with E-state index in [2.05, 4.69) is 0 Å². The Morgan fingerprint density at radius 2 is 1.95 bits per heavy atom. The lowest BCUT2D eigenvalue weighted by Crippen LogP contribution is -2.36. The second-order valence-corrected chi connectivity index (χ2v) is 6.89. The third-order valence-corrected chi connectivity index (χ3v) is 5.00. The summed E-state index contributed by atoms with van der Waals surface area (Å²) in [6.07, 6.45) is -5.56. The lowest BCUT2D eigenvalue weighted by molar-refractivity contribution is -0.137. The van der Waals surface area contributed by atoms with Crippen molar-refractivity contribution < 1.29 is 31.4 Å². The van der Waals surface area contributed by atoms with Gasteiger partial charge in [0.2, 0.25) is 10.0 Å². The van der Waals surface area contributed by atoms with E-state index in [1.165, 1.54) is 21.1 Å². The van der Waals surface area contributed by atoms with E-state index in [0.29, 0.717) is 0 Å². The lowest BCUT2D eigenvalue weighted by Gasteiger charge is -2.21. The van der Waals surface area contributed by atoms with Crippen molar-refractivity contribution in [2.75, 3.05) is 27.3 Å². The fraction of sp³-hybridized carbons (Fsp3) is 0.538. The number of ether oxygens (including phenoxy) is 1. The molecule has 1 aromatic rings. The Hall–Kier alpha value is -1.16. The summed E-state index contributed by atoms with van der Waals surface area (Å²) >= 11 is 0. The molecule has 1 aromatic carbocycles. The third-order valence-electron chi connectivity index (χ3n) is 3.02. The van der Waals surface area contributed by atoms with Crippen LogP contribution >= 0.6 is 0 Å². The Morgan fingerprint density at radius 1 is 1.36 bits per heavy atom. The first-order valence-electron chi connectivity index (χ1n) is 6.31. The topological polar surface area (TPSA) is 66.8 Å². The second kappa shape index (κ2) is 6.95. The summed E-state index contributed by atoms with van der Waals surface area (Å²) in [7, 11) is -1.39. The molecule has 0 unspecified atom stereocenters. The van der Waals surface area contributed by atoms with Crippen molar-refractivity contribution >= 4 is 10.0 Å². The number of rotatable bonds is 6. The second-order valence-electron chi connectivity index (χ2n) is 4.87. The number of halogens is 3. The number of hydrogen-bond acceptors (Lipinski definition) is 4. The molecule has 1 atom stereocenters. The van der Waals surface area contributed by atoms with Gasteiger partial charge in [0.05, 0.1) is 23.2 Å². The highest BCUT2D eigenvalue weighted by atomic mass is 32.2. The first-order chi connectivity index (χ1) is 10.00. The summed E-state index contributed by atoms with van der Waals surface area (Å²) in [4.78, 5) is -0.229. The Kier molecular flexibility index (Phi) is 5.96. The molecule has 0 saturated heterocycles. The van der Waals surface area contributed by atoms with Gasteiger partial charge in [-0.2, -0.15) is 17.5 Å². The van der Waals surface area contributed by atoms with E-state index in [1.54, 1.807) is 0 Å². The van der Waals surface area contributed by atoms with E-state index >= 15 is 0 Å². The maximum Gasteiger partial charge on any atom is 0.416 e. The molecule has 0 radical (unpaired) electrons. The summed E-state index contributed by atoms with van der Waals surface area (Å²) in [6.45, 7) is 1.02. The molecule has 5 nitrogen and oxygen atoms in total. The zero-order valence-corrected chi connectivity index (χ0v) is 13.2. The van der Waals surface area contributed by atoms with Crippen LogP contribution in [0.5, 0.6) is 0 Å². The van der Waals surface area contributed by atoms with Gasteiger partial charge in [-0.25, -0.2) is 8.42 Å². The number of hydrogen-bond donors (Lipinski definition) is 1. The van der Waals surface area contributed by atoms with Gasteiger partial charge in [-0.05, 0) is 30.7 Å². The number of sulfonamides is 1. The van der Waals surface area contributed by atoms with Crippen LogP contribution in [0.25, 0.3) is 0 Å². The Labute approximate surface area is 127 Å². The molecule has 0 spiro atoms. The van der Waals surface area contributed by atoms with Crippen molar-refractivity contribution in [2.45, 2.75) is 24.1 Å². The molecule has 9 heteroatoms. The van der Waals surface area contributed by atoms with Gasteiger partial charge in [0, 0.05) is 20.7 Å². The molecule has 0 aliphatic rings. The SMILES string of the molecule is COC[C@@H](O)CN(C)S(=O)(=O)c1ccc(C(F)(F)F)cc1C. The number of methoxy groups -OCH3 is 1. The van der Waals surface area contributed by atoms with E-state index < -0.39 is 27.9 Å². The summed E-state index contributed by atoms with van der Waals surface area (Å²) in [5, 5.41) is 9.57. The third kappa shape index (κ3) is 4.42. The van der Waals surface area contributed by atoms with Crippen LogP contribution in [-0.4, -0.2) is 51.2 Å². The molecule has 0 amide bonds. The van der Waals surface area contributed by atoms with Crippen molar-refractivity contribution in [3.8, 4) is 0 Å². The van der Waals surface area contributed by atoms with Crippen LogP contribution in [0, 0.1) is 6.92 Å². The van der Waals surface area contributed by atoms with Crippen LogP contribution in [0.2, 0.25) is 0 Å². The van der Waals surface area contributed by atoms with Gasteiger partial charge in [0.25, 0.3) is 0 Å². The average molecular weight is 341 g/mol. The largest absolute Gasteiger partial charge is 0.416 e. The van der Waals surface area contributed by atoms with Gasteiger partial charge in [-0.1, -0.05) is 0 Å². The fourth-order valence-electron chi connectivity index (χ4n) is 1.92. The number of aliphatic hydroxyl groups is 1. The summed E-state index contributed by atoms with van der Waals surface area (Å²) in [6, 6.07) is 2.43. The van der Waals surface area contributed by atoms with E-state index in [0.717, 1.165) is 22.5 Å². The zero-order chi connectivity index (χ0) is 17.1. The van der Waals surface area contributed by atoms with Gasteiger partial charge in [0.15, 0.2) is 0 Å². The van der Waals surface area contributed by atoms with E-state index in [9.17, 15) is 26.7 Å². The van der Waals surface area contributed by atoms with Crippen LogP contribution in [0.4, 0.5) is 13.2 Å². The van der Waals surface area contributed by atoms with E-state index in [4.69, 9.17) is 4.74 Å². The van der Waals surface area contributed by atoms with Gasteiger partial charge in [-0.15, -0.1) is 0 Å². The molecular formula is C13H18F3NO4S. The highest BCUT2D eigenvalue weighted by Gasteiger charge is 2.32. The zero-order valence-electron chi connectivity index (χ0n) is 12.4. The van der Waals surface area contributed by atoms with Gasteiger partial charge < -0.3 is 9.84 Å². The predicted octanol–water partition coefficient (Wildman–Crippen LogP) is 1.64. The molecule has 1 N–H and O–H groups in total. The molecule has 0 aromatic heterocycles. The van der Waals surface area contributed by atoms with Gasteiger partial charge in [-0.3, -0.25) is 0 Å². The first kappa shape index (κ1) is 18.9. The number of likely N-dealkylation sites (N-methyl/N-ethyl adjacent to an activating group) is 1. The lowest BCUT2D eigenvalue weighted by atomic mass is 10.1. The average Bonchev–Trinajstić information content (AvgIpc) is 2.37. The first-order valence-corrected chi connectivity index (χ1v) is 7.75. The minimum Gasteiger partial charge on any atom is -0.389 e. The van der Waals surface area contributed by atoms with Crippen molar-refractivity contribution in [3.63, 3.8) is 0 Å². The van der Waals surface area contributed by atoms with Gasteiger partial charge in [0.1, 0.15) is 0 Å². The normalized spacial score (nSPS) is 14.4. The molecule has 0 bridgehead atoms. The molecular weight excluding hydrogens is 323 g/mol. The standard InChI is InChI=1S/C13H18F3NO4S/c1-9-6-10(13(14,15)16)4-5-12(9)22(19,20)17(2)7-11(18)8-21-3/h4-6,11,18H,7-8H2,1-3H3/t11-/m0/s1. The van der Waals surface area contributed by atoms with Crippen molar-refractivity contribution in [2.24, 2.45) is 0 Å². The van der Waals surface area contributed by atoms with Crippen LogP contribution in [-0.2, 0) is 20.9 Å². The van der Waals surface area contributed by atoms with Crippen LogP contribution < -0.4 is 0 Å². The smallest absolute Gasteiger partial charge is 0.389 e. The molecule has 0 aliphatic carbocycles. The quantitative estimate of drug-likeness (QED) is 0.854. The summed E-state index contributed by atoms with van der Waals surface area (Å²) in [5.74, 6) is 0. The molecule has 0 aliphatic heterocycles. The van der Waals surface area contributed by atoms with E-state index in [-0.39, 0.29) is 23.6 Å². The Bertz CT molecular complexity index is 616. The minimum atomic E-state index is -4.53. The molecule has 0 fully saturated rings. The molecule has 0 heterocycles. The summed E-state index contributed by atoms with van der Waals surface area (Å²) < 4.78 is 68.1. The van der Waals surface area contributed by atoms with Crippen LogP contribution in [0.1, 0.15) is 11.1 Å². The van der Waals surface area contributed by atoms with E-state index in [1.807, 2.05) is 0 Å². The predicted molar refractivity (Wildman–Crippen MR) is 73.9 cm³/mol. The monoisotopic (exact) mass is 341 g/mol. The number of nitrogens with zero attached hydrogens (tertiary/aromatic N) is 1. The number of aryl methyl sites for hydroxylation is 1. The van der Waals surface area contributed by atoms with Crippen molar-refractivity contribution in [1.29, 1.82) is 0 Å². The molecule has 0 saturated carbocycles. The maximum absolute atomic E-state index is 12.6. The summed E-state index contributed by atoms with van der Waals surface area (Å²) in [5.41, 5.74) is -0.922. The Morgan fingerprint density at radius 3 is 2.41 bits per heavy atom. The number of aliphatic hydroxyl groups excluding tert-OH is 1. The van der Waals surface area contributed by atoms with Crippen LogP contribution in [0.15, 0.2) is 23.1 Å². The van der Waals surface area contributed by atoms with Gasteiger partial charge >= 0.3 is 6.18 Å². The van der Waals surface area contributed by atoms with Crippen LogP contribution in [0.3, 0.4) is 0 Å².